The van der Waals surface area contributed by atoms with Gasteiger partial charge in [-0.1, -0.05) is 0 Å². The molecule has 0 radical (unpaired) electrons. The van der Waals surface area contributed by atoms with Crippen LogP contribution in [0.2, 0.25) is 0 Å². The maximum atomic E-state index is 5.61. The average Bonchev–Trinajstić information content (AvgIpc) is 2.92. The van der Waals surface area contributed by atoms with Crippen molar-refractivity contribution < 1.29 is 4.74 Å². The minimum atomic E-state index is 0.389. The fourth-order valence-corrected chi connectivity index (χ4v) is 3.62. The zero-order chi connectivity index (χ0) is 14.7. The van der Waals surface area contributed by atoms with E-state index in [1.807, 2.05) is 6.20 Å². The fourth-order valence-electron chi connectivity index (χ4n) is 3.62. The second kappa shape index (κ2) is 6.90. The molecule has 0 aliphatic carbocycles. The third kappa shape index (κ3) is 3.84. The van der Waals surface area contributed by atoms with E-state index < -0.39 is 0 Å². The lowest BCUT2D eigenvalue weighted by Gasteiger charge is -2.36. The van der Waals surface area contributed by atoms with Crippen LogP contribution >= 0.6 is 0 Å². The Labute approximate surface area is 127 Å². The van der Waals surface area contributed by atoms with Gasteiger partial charge in [-0.2, -0.15) is 0 Å². The molecule has 118 valence electrons. The van der Waals surface area contributed by atoms with E-state index in [1.165, 1.54) is 38.3 Å². The van der Waals surface area contributed by atoms with Crippen molar-refractivity contribution in [1.29, 1.82) is 0 Å². The summed E-state index contributed by atoms with van der Waals surface area (Å²) in [6, 6.07) is 0. The predicted octanol–water partition coefficient (Wildman–Crippen LogP) is 1.32. The van der Waals surface area contributed by atoms with Crippen molar-refractivity contribution >= 4 is 0 Å². The van der Waals surface area contributed by atoms with Crippen molar-refractivity contribution in [3.05, 3.63) is 18.2 Å². The van der Waals surface area contributed by atoms with Crippen LogP contribution in [-0.4, -0.2) is 71.3 Å². The zero-order valence-electron chi connectivity index (χ0n) is 13.4. The first-order chi connectivity index (χ1) is 10.2. The highest BCUT2D eigenvalue weighted by Gasteiger charge is 2.24. The van der Waals surface area contributed by atoms with Crippen molar-refractivity contribution in [1.82, 2.24) is 19.4 Å². The molecule has 2 fully saturated rings. The number of nitrogens with zero attached hydrogens (tertiary/aromatic N) is 4. The molecule has 2 atom stereocenters. The number of ether oxygens (including phenoxy) is 1. The van der Waals surface area contributed by atoms with E-state index >= 15 is 0 Å². The summed E-state index contributed by atoms with van der Waals surface area (Å²) in [6.45, 7) is 9.96. The molecule has 3 heterocycles. The predicted molar refractivity (Wildman–Crippen MR) is 83.5 cm³/mol. The second-order valence-corrected chi connectivity index (χ2v) is 6.52. The summed E-state index contributed by atoms with van der Waals surface area (Å²) in [5.41, 5.74) is 0. The number of imidazole rings is 1. The summed E-state index contributed by atoms with van der Waals surface area (Å²) in [4.78, 5) is 9.70. The topological polar surface area (TPSA) is 33.5 Å². The molecule has 0 bridgehead atoms. The molecule has 0 N–H and O–H groups in total. The van der Waals surface area contributed by atoms with Crippen LogP contribution in [0.25, 0.3) is 0 Å². The largest absolute Gasteiger partial charge is 0.376 e. The highest BCUT2D eigenvalue weighted by molar-refractivity contribution is 5.02. The van der Waals surface area contributed by atoms with E-state index in [0.29, 0.717) is 12.0 Å². The molecule has 0 aromatic carbocycles. The average molecular weight is 292 g/mol. The van der Waals surface area contributed by atoms with Gasteiger partial charge in [0.15, 0.2) is 0 Å². The quantitative estimate of drug-likeness (QED) is 0.838. The molecule has 0 spiro atoms. The van der Waals surface area contributed by atoms with Gasteiger partial charge in [0.25, 0.3) is 0 Å². The summed E-state index contributed by atoms with van der Waals surface area (Å²) in [5, 5.41) is 0. The molecule has 2 aliphatic heterocycles. The Morgan fingerprint density at radius 2 is 2.05 bits per heavy atom. The number of morpholine rings is 1. The number of hydrogen-bond acceptors (Lipinski definition) is 4. The lowest BCUT2D eigenvalue weighted by molar-refractivity contribution is -0.0212. The molecule has 0 amide bonds. The molecule has 5 heteroatoms. The number of likely N-dealkylation sites (tertiary alicyclic amines) is 1. The number of aromatic nitrogens is 2. The summed E-state index contributed by atoms with van der Waals surface area (Å²) in [5.74, 6) is 1.85. The summed E-state index contributed by atoms with van der Waals surface area (Å²) in [6.07, 6.45) is 6.93. The highest BCUT2D eigenvalue weighted by atomic mass is 16.5. The van der Waals surface area contributed by atoms with Crippen LogP contribution in [0.4, 0.5) is 0 Å². The zero-order valence-corrected chi connectivity index (χ0v) is 13.4. The summed E-state index contributed by atoms with van der Waals surface area (Å²) in [7, 11) is 2.11. The van der Waals surface area contributed by atoms with Gasteiger partial charge in [0.2, 0.25) is 0 Å². The first kappa shape index (κ1) is 15.0. The van der Waals surface area contributed by atoms with Gasteiger partial charge in [-0.05, 0) is 26.3 Å². The van der Waals surface area contributed by atoms with E-state index in [1.54, 1.807) is 0 Å². The first-order valence-corrected chi connectivity index (χ1v) is 8.26. The van der Waals surface area contributed by atoms with E-state index in [4.69, 9.17) is 4.74 Å². The Balaban J connectivity index is 1.49. The SMILES string of the molecule is C[C@@H]1CN(CCN2CCC[C@@H](c3nccn3C)C2)CCO1. The Morgan fingerprint density at radius 3 is 2.76 bits per heavy atom. The van der Waals surface area contributed by atoms with Crippen LogP contribution in [0.3, 0.4) is 0 Å². The smallest absolute Gasteiger partial charge is 0.112 e. The van der Waals surface area contributed by atoms with E-state index in [0.717, 1.165) is 26.2 Å². The Morgan fingerprint density at radius 1 is 1.24 bits per heavy atom. The third-order valence-electron chi connectivity index (χ3n) is 4.79. The first-order valence-electron chi connectivity index (χ1n) is 8.26. The molecular formula is C16H28N4O. The maximum Gasteiger partial charge on any atom is 0.112 e. The van der Waals surface area contributed by atoms with Crippen LogP contribution in [0, 0.1) is 0 Å². The van der Waals surface area contributed by atoms with Crippen LogP contribution in [-0.2, 0) is 11.8 Å². The van der Waals surface area contributed by atoms with Gasteiger partial charge in [-0.15, -0.1) is 0 Å². The minimum absolute atomic E-state index is 0.389. The monoisotopic (exact) mass is 292 g/mol. The van der Waals surface area contributed by atoms with Crippen molar-refractivity contribution in [3.63, 3.8) is 0 Å². The normalized spacial score (nSPS) is 28.9. The maximum absolute atomic E-state index is 5.61. The molecule has 1 aromatic rings. The van der Waals surface area contributed by atoms with Crippen molar-refractivity contribution in [3.8, 4) is 0 Å². The summed E-state index contributed by atoms with van der Waals surface area (Å²) >= 11 is 0. The molecule has 0 unspecified atom stereocenters. The van der Waals surface area contributed by atoms with Gasteiger partial charge >= 0.3 is 0 Å². The molecule has 5 nitrogen and oxygen atoms in total. The van der Waals surface area contributed by atoms with Crippen LogP contribution in [0.5, 0.6) is 0 Å². The Kier molecular flexibility index (Phi) is 4.93. The van der Waals surface area contributed by atoms with Gasteiger partial charge in [0.05, 0.1) is 12.7 Å². The van der Waals surface area contributed by atoms with Gasteiger partial charge in [0, 0.05) is 58.1 Å². The molecule has 1 aromatic heterocycles. The van der Waals surface area contributed by atoms with Crippen molar-refractivity contribution in [2.24, 2.45) is 7.05 Å². The van der Waals surface area contributed by atoms with Gasteiger partial charge in [-0.3, -0.25) is 4.90 Å². The van der Waals surface area contributed by atoms with Crippen LogP contribution < -0.4 is 0 Å². The van der Waals surface area contributed by atoms with E-state index in [9.17, 15) is 0 Å². The van der Waals surface area contributed by atoms with Gasteiger partial charge in [-0.25, -0.2) is 4.98 Å². The molecular weight excluding hydrogens is 264 g/mol. The van der Waals surface area contributed by atoms with Crippen LogP contribution in [0.1, 0.15) is 31.5 Å². The number of hydrogen-bond donors (Lipinski definition) is 0. The molecule has 0 saturated carbocycles. The lowest BCUT2D eigenvalue weighted by Crippen LogP contribution is -2.46. The molecule has 2 aliphatic rings. The van der Waals surface area contributed by atoms with Crippen molar-refractivity contribution in [2.75, 3.05) is 45.9 Å². The van der Waals surface area contributed by atoms with E-state index in [2.05, 4.69) is 39.5 Å². The Hall–Kier alpha value is -0.910. The van der Waals surface area contributed by atoms with Crippen molar-refractivity contribution in [2.45, 2.75) is 31.8 Å². The fraction of sp³-hybridized carbons (Fsp3) is 0.812. The number of aryl methyl sites for hydroxylation is 1. The number of piperidine rings is 1. The summed E-state index contributed by atoms with van der Waals surface area (Å²) < 4.78 is 7.79. The standard InChI is InChI=1S/C16H28N4O/c1-14-12-20(10-11-21-14)9-8-19-6-3-4-15(13-19)16-17-5-7-18(16)2/h5,7,14-15H,3-4,6,8-13H2,1-2H3/t14-,15-/m1/s1. The van der Waals surface area contributed by atoms with Gasteiger partial charge in [0.1, 0.15) is 5.82 Å². The Bertz CT molecular complexity index is 447. The van der Waals surface area contributed by atoms with E-state index in [-0.39, 0.29) is 0 Å². The second-order valence-electron chi connectivity index (χ2n) is 6.52. The third-order valence-corrected chi connectivity index (χ3v) is 4.79. The van der Waals surface area contributed by atoms with Gasteiger partial charge < -0.3 is 14.2 Å². The minimum Gasteiger partial charge on any atom is -0.376 e. The molecule has 21 heavy (non-hydrogen) atoms. The number of rotatable bonds is 4. The highest BCUT2D eigenvalue weighted by Crippen LogP contribution is 2.25. The molecule has 2 saturated heterocycles. The molecule has 3 rings (SSSR count). The lowest BCUT2D eigenvalue weighted by atomic mass is 9.97. The van der Waals surface area contributed by atoms with Crippen LogP contribution in [0.15, 0.2) is 12.4 Å².